The van der Waals surface area contributed by atoms with Gasteiger partial charge >= 0.3 is 0 Å². The Balaban J connectivity index is 2.84. The van der Waals surface area contributed by atoms with Gasteiger partial charge in [-0.05, 0) is 12.8 Å². The van der Waals surface area contributed by atoms with Gasteiger partial charge in [0.05, 0.1) is 0 Å². The van der Waals surface area contributed by atoms with E-state index in [1.165, 1.54) is 6.92 Å². The number of carbonyl (C=O) groups is 1. The van der Waals surface area contributed by atoms with Crippen molar-refractivity contribution in [2.75, 3.05) is 11.9 Å². The molecule has 10 heavy (non-hydrogen) atoms. The minimum atomic E-state index is -0.0427. The predicted molar refractivity (Wildman–Crippen MR) is 44.8 cm³/mol. The Labute approximate surface area is 69.7 Å². The van der Waals surface area contributed by atoms with Crippen LogP contribution < -0.4 is 10.9 Å². The van der Waals surface area contributed by atoms with Crippen molar-refractivity contribution in [1.82, 2.24) is 10.9 Å². The highest BCUT2D eigenvalue weighted by molar-refractivity contribution is 9.09. The molecule has 0 aliphatic carbocycles. The molecule has 0 rings (SSSR count). The first-order valence-corrected chi connectivity index (χ1v) is 4.45. The SMILES string of the molecule is CC(=O)NNCCCCBr. The predicted octanol–water partition coefficient (Wildman–Crippen LogP) is 0.802. The van der Waals surface area contributed by atoms with Gasteiger partial charge in [0.25, 0.3) is 0 Å². The fourth-order valence-electron chi connectivity index (χ4n) is 0.495. The van der Waals surface area contributed by atoms with Crippen LogP contribution in [0.3, 0.4) is 0 Å². The van der Waals surface area contributed by atoms with Crippen LogP contribution >= 0.6 is 15.9 Å². The van der Waals surface area contributed by atoms with Gasteiger partial charge in [-0.3, -0.25) is 10.2 Å². The smallest absolute Gasteiger partial charge is 0.230 e. The van der Waals surface area contributed by atoms with Gasteiger partial charge in [0.1, 0.15) is 0 Å². The van der Waals surface area contributed by atoms with Crippen LogP contribution in [0.1, 0.15) is 19.8 Å². The zero-order valence-electron chi connectivity index (χ0n) is 6.11. The minimum absolute atomic E-state index is 0.0427. The number of rotatable bonds is 5. The second kappa shape index (κ2) is 7.02. The lowest BCUT2D eigenvalue weighted by Crippen LogP contribution is -2.36. The number of unbranched alkanes of at least 4 members (excludes halogenated alkanes) is 1. The Bertz CT molecular complexity index is 97.7. The fourth-order valence-corrected chi connectivity index (χ4v) is 0.891. The van der Waals surface area contributed by atoms with Crippen LogP contribution in [0.15, 0.2) is 0 Å². The molecule has 4 heteroatoms. The van der Waals surface area contributed by atoms with Crippen LogP contribution in [0.25, 0.3) is 0 Å². The first-order chi connectivity index (χ1) is 4.77. The summed E-state index contributed by atoms with van der Waals surface area (Å²) in [5.41, 5.74) is 5.30. The maximum Gasteiger partial charge on any atom is 0.230 e. The largest absolute Gasteiger partial charge is 0.292 e. The van der Waals surface area contributed by atoms with Gasteiger partial charge in [0, 0.05) is 18.8 Å². The maximum atomic E-state index is 10.3. The quantitative estimate of drug-likeness (QED) is 0.399. The highest BCUT2D eigenvalue weighted by Gasteiger charge is 1.87. The minimum Gasteiger partial charge on any atom is -0.292 e. The third kappa shape index (κ3) is 7.91. The van der Waals surface area contributed by atoms with E-state index in [2.05, 4.69) is 26.8 Å². The van der Waals surface area contributed by atoms with Gasteiger partial charge in [-0.15, -0.1) is 0 Å². The molecule has 0 aromatic heterocycles. The Morgan fingerprint density at radius 1 is 1.50 bits per heavy atom. The van der Waals surface area contributed by atoms with Crippen LogP contribution in [0.5, 0.6) is 0 Å². The van der Waals surface area contributed by atoms with E-state index in [0.29, 0.717) is 0 Å². The summed E-state index contributed by atoms with van der Waals surface area (Å²) in [6.45, 7) is 2.32. The van der Waals surface area contributed by atoms with Crippen LogP contribution in [-0.4, -0.2) is 17.8 Å². The summed E-state index contributed by atoms with van der Waals surface area (Å²) >= 11 is 3.32. The summed E-state index contributed by atoms with van der Waals surface area (Å²) < 4.78 is 0. The molecule has 0 unspecified atom stereocenters. The molecule has 1 amide bonds. The second-order valence-corrected chi connectivity index (χ2v) is 2.80. The highest BCUT2D eigenvalue weighted by atomic mass is 79.9. The van der Waals surface area contributed by atoms with Crippen LogP contribution in [0.4, 0.5) is 0 Å². The summed E-state index contributed by atoms with van der Waals surface area (Å²) in [5.74, 6) is -0.0427. The molecule has 0 aliphatic heterocycles. The molecule has 0 fully saturated rings. The molecule has 0 aromatic carbocycles. The van der Waals surface area contributed by atoms with Crippen molar-refractivity contribution in [3.8, 4) is 0 Å². The van der Waals surface area contributed by atoms with Crippen molar-refractivity contribution in [2.24, 2.45) is 0 Å². The van der Waals surface area contributed by atoms with Gasteiger partial charge in [-0.2, -0.15) is 0 Å². The van der Waals surface area contributed by atoms with Crippen LogP contribution in [-0.2, 0) is 4.79 Å². The zero-order chi connectivity index (χ0) is 7.82. The molecule has 0 heterocycles. The average Bonchev–Trinajstić information content (AvgIpc) is 1.87. The van der Waals surface area contributed by atoms with Crippen molar-refractivity contribution in [2.45, 2.75) is 19.8 Å². The van der Waals surface area contributed by atoms with Crippen LogP contribution in [0.2, 0.25) is 0 Å². The maximum absolute atomic E-state index is 10.3. The number of hydrogen-bond donors (Lipinski definition) is 2. The van der Waals surface area contributed by atoms with E-state index < -0.39 is 0 Å². The number of hydrazine groups is 1. The molecule has 0 atom stereocenters. The Morgan fingerprint density at radius 3 is 2.70 bits per heavy atom. The highest BCUT2D eigenvalue weighted by Crippen LogP contribution is 1.90. The Kier molecular flexibility index (Phi) is 6.96. The molecular formula is C6H13BrN2O. The van der Waals surface area contributed by atoms with E-state index in [9.17, 15) is 4.79 Å². The van der Waals surface area contributed by atoms with Gasteiger partial charge in [-0.1, -0.05) is 15.9 Å². The third-order valence-electron chi connectivity index (χ3n) is 0.950. The fraction of sp³-hybridized carbons (Fsp3) is 0.833. The molecule has 0 saturated heterocycles. The van der Waals surface area contributed by atoms with Crippen LogP contribution in [0, 0.1) is 0 Å². The van der Waals surface area contributed by atoms with Crippen molar-refractivity contribution >= 4 is 21.8 Å². The summed E-state index contributed by atoms with van der Waals surface area (Å²) in [7, 11) is 0. The molecule has 0 radical (unpaired) electrons. The standard InChI is InChI=1S/C6H13BrN2O/c1-6(10)9-8-5-3-2-4-7/h8H,2-5H2,1H3,(H,9,10). The van der Waals surface area contributed by atoms with Crippen molar-refractivity contribution in [3.05, 3.63) is 0 Å². The Hall–Kier alpha value is -0.0900. The molecule has 0 spiro atoms. The van der Waals surface area contributed by atoms with Gasteiger partial charge in [0.15, 0.2) is 0 Å². The molecule has 0 aliphatic rings. The van der Waals surface area contributed by atoms with E-state index in [-0.39, 0.29) is 5.91 Å². The van der Waals surface area contributed by atoms with E-state index in [0.717, 1.165) is 24.7 Å². The lowest BCUT2D eigenvalue weighted by atomic mass is 10.3. The van der Waals surface area contributed by atoms with Crippen molar-refractivity contribution in [3.63, 3.8) is 0 Å². The third-order valence-corrected chi connectivity index (χ3v) is 1.51. The molecular weight excluding hydrogens is 196 g/mol. The Morgan fingerprint density at radius 2 is 2.20 bits per heavy atom. The van der Waals surface area contributed by atoms with Gasteiger partial charge in [0.2, 0.25) is 5.91 Å². The van der Waals surface area contributed by atoms with Gasteiger partial charge < -0.3 is 0 Å². The van der Waals surface area contributed by atoms with Crippen molar-refractivity contribution < 1.29 is 4.79 Å². The first kappa shape index (κ1) is 9.91. The lowest BCUT2D eigenvalue weighted by Gasteiger charge is -2.02. The molecule has 0 bridgehead atoms. The number of hydrogen-bond acceptors (Lipinski definition) is 2. The summed E-state index contributed by atoms with van der Waals surface area (Å²) in [6, 6.07) is 0. The monoisotopic (exact) mass is 208 g/mol. The number of carbonyl (C=O) groups excluding carboxylic acids is 1. The summed E-state index contributed by atoms with van der Waals surface area (Å²) in [4.78, 5) is 10.3. The molecule has 2 N–H and O–H groups in total. The van der Waals surface area contributed by atoms with E-state index in [1.807, 2.05) is 0 Å². The first-order valence-electron chi connectivity index (χ1n) is 3.32. The molecule has 0 saturated carbocycles. The summed E-state index contributed by atoms with van der Waals surface area (Å²) in [5, 5.41) is 1.02. The molecule has 0 aromatic rings. The topological polar surface area (TPSA) is 41.1 Å². The molecule has 3 nitrogen and oxygen atoms in total. The van der Waals surface area contributed by atoms with E-state index in [4.69, 9.17) is 0 Å². The van der Waals surface area contributed by atoms with E-state index in [1.54, 1.807) is 0 Å². The number of halogens is 1. The van der Waals surface area contributed by atoms with Crippen molar-refractivity contribution in [1.29, 1.82) is 0 Å². The van der Waals surface area contributed by atoms with Gasteiger partial charge in [-0.25, -0.2) is 5.43 Å². The normalized spacial score (nSPS) is 9.40. The number of nitrogens with one attached hydrogen (secondary N) is 2. The number of amides is 1. The average molecular weight is 209 g/mol. The number of alkyl halides is 1. The molecule has 60 valence electrons. The zero-order valence-corrected chi connectivity index (χ0v) is 7.70. The summed E-state index contributed by atoms with van der Waals surface area (Å²) in [6.07, 6.45) is 2.21. The second-order valence-electron chi connectivity index (χ2n) is 2.00. The van der Waals surface area contributed by atoms with E-state index >= 15 is 0 Å². The lowest BCUT2D eigenvalue weighted by molar-refractivity contribution is -0.119.